The predicted octanol–water partition coefficient (Wildman–Crippen LogP) is 3.23. The molecule has 1 aromatic heterocycles. The molecule has 0 saturated heterocycles. The molecular formula is C21H27IN6O2. The first kappa shape index (κ1) is 23.5. The molecule has 160 valence electrons. The minimum atomic E-state index is 0. The van der Waals surface area contributed by atoms with Crippen molar-refractivity contribution in [3.63, 3.8) is 0 Å². The lowest BCUT2D eigenvalue weighted by Crippen LogP contribution is -2.39. The zero-order valence-corrected chi connectivity index (χ0v) is 19.4. The molecular weight excluding hydrogens is 495 g/mol. The lowest BCUT2D eigenvalue weighted by atomic mass is 10.1. The summed E-state index contributed by atoms with van der Waals surface area (Å²) in [4.78, 5) is 8.84. The maximum absolute atomic E-state index is 5.74. The smallest absolute Gasteiger partial charge is 0.191 e. The second-order valence-electron chi connectivity index (χ2n) is 6.18. The maximum atomic E-state index is 5.74. The molecule has 3 rings (SSSR count). The van der Waals surface area contributed by atoms with E-state index in [2.05, 4.69) is 36.9 Å². The van der Waals surface area contributed by atoms with Gasteiger partial charge in [0.25, 0.3) is 0 Å². The number of H-pyrrole nitrogens is 1. The molecule has 2 aromatic carbocycles. The SMILES string of the molecule is CCNC(=NCc1cccc(-c2ncn[nH]2)c1)NCCOc1ccc(OC)cc1.I. The first-order chi connectivity index (χ1) is 14.3. The summed E-state index contributed by atoms with van der Waals surface area (Å²) in [6.45, 7) is 4.53. The summed E-state index contributed by atoms with van der Waals surface area (Å²) in [5, 5.41) is 13.3. The third kappa shape index (κ3) is 7.21. The number of nitrogens with zero attached hydrogens (tertiary/aromatic N) is 3. The highest BCUT2D eigenvalue weighted by atomic mass is 127. The molecule has 0 atom stereocenters. The monoisotopic (exact) mass is 522 g/mol. The van der Waals surface area contributed by atoms with E-state index in [1.807, 2.05) is 49.4 Å². The molecule has 0 aliphatic heterocycles. The highest BCUT2D eigenvalue weighted by molar-refractivity contribution is 14.0. The number of rotatable bonds is 9. The number of guanidine groups is 1. The van der Waals surface area contributed by atoms with Gasteiger partial charge in [0.05, 0.1) is 20.2 Å². The third-order valence-corrected chi connectivity index (χ3v) is 4.10. The summed E-state index contributed by atoms with van der Waals surface area (Å²) < 4.78 is 10.9. The van der Waals surface area contributed by atoms with Crippen molar-refractivity contribution in [2.45, 2.75) is 13.5 Å². The normalized spacial score (nSPS) is 10.8. The van der Waals surface area contributed by atoms with E-state index in [4.69, 9.17) is 9.47 Å². The Balaban J connectivity index is 0.00000320. The Labute approximate surface area is 193 Å². The van der Waals surface area contributed by atoms with E-state index < -0.39 is 0 Å². The topological polar surface area (TPSA) is 96.5 Å². The van der Waals surface area contributed by atoms with Gasteiger partial charge in [0, 0.05) is 12.1 Å². The maximum Gasteiger partial charge on any atom is 0.191 e. The van der Waals surface area contributed by atoms with Crippen molar-refractivity contribution < 1.29 is 9.47 Å². The van der Waals surface area contributed by atoms with Gasteiger partial charge in [-0.2, -0.15) is 5.10 Å². The van der Waals surface area contributed by atoms with Gasteiger partial charge in [-0.3, -0.25) is 5.10 Å². The lowest BCUT2D eigenvalue weighted by Gasteiger charge is -2.12. The molecule has 0 saturated carbocycles. The van der Waals surface area contributed by atoms with Crippen LogP contribution in [0, 0.1) is 0 Å². The Hall–Kier alpha value is -2.82. The van der Waals surface area contributed by atoms with Crippen LogP contribution in [-0.4, -0.2) is 47.9 Å². The quantitative estimate of drug-likeness (QED) is 0.173. The van der Waals surface area contributed by atoms with Crippen LogP contribution in [0.15, 0.2) is 59.9 Å². The van der Waals surface area contributed by atoms with Crippen molar-refractivity contribution in [1.82, 2.24) is 25.8 Å². The fourth-order valence-electron chi connectivity index (χ4n) is 2.68. The van der Waals surface area contributed by atoms with E-state index in [1.54, 1.807) is 7.11 Å². The molecule has 0 spiro atoms. The zero-order chi connectivity index (χ0) is 20.3. The molecule has 0 aliphatic carbocycles. The van der Waals surface area contributed by atoms with Gasteiger partial charge in [0.1, 0.15) is 24.4 Å². The van der Waals surface area contributed by atoms with Gasteiger partial charge in [-0.25, -0.2) is 9.98 Å². The molecule has 0 radical (unpaired) electrons. The van der Waals surface area contributed by atoms with Crippen LogP contribution in [0.1, 0.15) is 12.5 Å². The van der Waals surface area contributed by atoms with E-state index in [0.717, 1.165) is 41.0 Å². The van der Waals surface area contributed by atoms with Gasteiger partial charge in [-0.05, 0) is 42.8 Å². The summed E-state index contributed by atoms with van der Waals surface area (Å²) >= 11 is 0. The third-order valence-electron chi connectivity index (χ3n) is 4.10. The van der Waals surface area contributed by atoms with E-state index in [9.17, 15) is 0 Å². The van der Waals surface area contributed by atoms with Crippen molar-refractivity contribution in [2.24, 2.45) is 4.99 Å². The highest BCUT2D eigenvalue weighted by Crippen LogP contribution is 2.17. The number of aromatic nitrogens is 3. The van der Waals surface area contributed by atoms with Gasteiger partial charge < -0.3 is 20.1 Å². The number of halogens is 1. The molecule has 0 amide bonds. The molecule has 0 fully saturated rings. The average molecular weight is 522 g/mol. The Morgan fingerprint density at radius 3 is 2.60 bits per heavy atom. The van der Waals surface area contributed by atoms with Crippen LogP contribution in [0.3, 0.4) is 0 Å². The van der Waals surface area contributed by atoms with E-state index in [0.29, 0.717) is 19.7 Å². The molecule has 1 heterocycles. The second-order valence-corrected chi connectivity index (χ2v) is 6.18. The summed E-state index contributed by atoms with van der Waals surface area (Å²) in [6.07, 6.45) is 1.50. The van der Waals surface area contributed by atoms with Crippen LogP contribution in [-0.2, 0) is 6.54 Å². The number of nitrogens with one attached hydrogen (secondary N) is 3. The van der Waals surface area contributed by atoms with Gasteiger partial charge in [-0.1, -0.05) is 18.2 Å². The Morgan fingerprint density at radius 2 is 1.90 bits per heavy atom. The van der Waals surface area contributed by atoms with Crippen LogP contribution < -0.4 is 20.1 Å². The van der Waals surface area contributed by atoms with Gasteiger partial charge in [0.15, 0.2) is 11.8 Å². The van der Waals surface area contributed by atoms with Crippen molar-refractivity contribution in [3.05, 3.63) is 60.4 Å². The van der Waals surface area contributed by atoms with Gasteiger partial charge >= 0.3 is 0 Å². The number of methoxy groups -OCH3 is 1. The van der Waals surface area contributed by atoms with Crippen molar-refractivity contribution in [2.75, 3.05) is 26.8 Å². The molecule has 0 unspecified atom stereocenters. The number of hydrogen-bond acceptors (Lipinski definition) is 5. The van der Waals surface area contributed by atoms with E-state index in [-0.39, 0.29) is 24.0 Å². The first-order valence-corrected chi connectivity index (χ1v) is 9.52. The fourth-order valence-corrected chi connectivity index (χ4v) is 2.68. The summed E-state index contributed by atoms with van der Waals surface area (Å²) in [5.41, 5.74) is 2.08. The summed E-state index contributed by atoms with van der Waals surface area (Å²) in [7, 11) is 1.64. The van der Waals surface area contributed by atoms with Crippen LogP contribution in [0.25, 0.3) is 11.4 Å². The fraction of sp³-hybridized carbons (Fsp3) is 0.286. The standard InChI is InChI=1S/C21H26N6O2.HI/c1-3-22-21(23-11-12-29-19-9-7-18(28-2)8-10-19)24-14-16-5-4-6-17(13-16)20-25-15-26-27-20;/h4-10,13,15H,3,11-12,14H2,1-2H3,(H2,22,23,24)(H,25,26,27);1H. The number of aliphatic imine (C=N–C) groups is 1. The molecule has 3 N–H and O–H groups in total. The number of aromatic amines is 1. The molecule has 3 aromatic rings. The van der Waals surface area contributed by atoms with Crippen molar-refractivity contribution >= 4 is 29.9 Å². The lowest BCUT2D eigenvalue weighted by molar-refractivity contribution is 0.321. The first-order valence-electron chi connectivity index (χ1n) is 9.52. The van der Waals surface area contributed by atoms with Crippen molar-refractivity contribution in [1.29, 1.82) is 0 Å². The number of ether oxygens (including phenoxy) is 2. The van der Waals surface area contributed by atoms with Crippen LogP contribution in [0.2, 0.25) is 0 Å². The van der Waals surface area contributed by atoms with E-state index in [1.165, 1.54) is 6.33 Å². The zero-order valence-electron chi connectivity index (χ0n) is 17.1. The van der Waals surface area contributed by atoms with Gasteiger partial charge in [-0.15, -0.1) is 24.0 Å². The molecule has 0 aliphatic rings. The summed E-state index contributed by atoms with van der Waals surface area (Å²) in [6, 6.07) is 15.6. The Kier molecular flexibility index (Phi) is 9.92. The second kappa shape index (κ2) is 12.7. The van der Waals surface area contributed by atoms with E-state index >= 15 is 0 Å². The minimum Gasteiger partial charge on any atom is -0.497 e. The largest absolute Gasteiger partial charge is 0.497 e. The Bertz CT molecular complexity index is 900. The van der Waals surface area contributed by atoms with Crippen molar-refractivity contribution in [3.8, 4) is 22.9 Å². The molecule has 9 heteroatoms. The Morgan fingerprint density at radius 1 is 1.10 bits per heavy atom. The molecule has 30 heavy (non-hydrogen) atoms. The van der Waals surface area contributed by atoms with Crippen LogP contribution in [0.4, 0.5) is 0 Å². The highest BCUT2D eigenvalue weighted by Gasteiger charge is 2.03. The van der Waals surface area contributed by atoms with Crippen LogP contribution in [0.5, 0.6) is 11.5 Å². The number of hydrogen-bond donors (Lipinski definition) is 3. The van der Waals surface area contributed by atoms with Gasteiger partial charge in [0.2, 0.25) is 0 Å². The summed E-state index contributed by atoms with van der Waals surface area (Å²) in [5.74, 6) is 3.11. The number of benzene rings is 2. The molecule has 8 nitrogen and oxygen atoms in total. The molecule has 0 bridgehead atoms. The average Bonchev–Trinajstić information content (AvgIpc) is 3.30. The minimum absolute atomic E-state index is 0. The van der Waals surface area contributed by atoms with Crippen LogP contribution >= 0.6 is 24.0 Å². The predicted molar refractivity (Wildman–Crippen MR) is 129 cm³/mol.